The summed E-state index contributed by atoms with van der Waals surface area (Å²) in [5.41, 5.74) is 4.55. The van der Waals surface area contributed by atoms with E-state index < -0.39 is 0 Å². The number of nitrogens with zero attached hydrogens (tertiary/aromatic N) is 3. The number of rotatable bonds is 8. The highest BCUT2D eigenvalue weighted by Crippen LogP contribution is 2.36. The first-order valence-corrected chi connectivity index (χ1v) is 10.2. The zero-order chi connectivity index (χ0) is 21.0. The molecule has 0 spiro atoms. The van der Waals surface area contributed by atoms with Crippen LogP contribution in [0.5, 0.6) is 5.75 Å². The molecule has 154 valence electrons. The van der Waals surface area contributed by atoms with E-state index in [9.17, 15) is 4.79 Å². The molecule has 0 aliphatic carbocycles. The van der Waals surface area contributed by atoms with Crippen LogP contribution in [0.4, 0.5) is 0 Å². The van der Waals surface area contributed by atoms with Crippen LogP contribution in [0.3, 0.4) is 0 Å². The summed E-state index contributed by atoms with van der Waals surface area (Å²) in [6.07, 6.45) is 2.09. The van der Waals surface area contributed by atoms with Gasteiger partial charge in [-0.2, -0.15) is 0 Å². The largest absolute Gasteiger partial charge is 0.494 e. The monoisotopic (exact) mass is 415 g/mol. The second kappa shape index (κ2) is 9.27. The number of carbonyl (C=O) groups excluding carboxylic acids is 1. The van der Waals surface area contributed by atoms with Gasteiger partial charge >= 0.3 is 5.97 Å². The van der Waals surface area contributed by atoms with Gasteiger partial charge in [-0.1, -0.05) is 42.3 Å². The van der Waals surface area contributed by atoms with E-state index in [1.165, 1.54) is 0 Å². The highest BCUT2D eigenvalue weighted by Gasteiger charge is 2.23. The molecule has 7 heteroatoms. The molecule has 3 aromatic rings. The number of hydrogen-bond acceptors (Lipinski definition) is 5. The quantitative estimate of drug-likeness (QED) is 0.500. The normalized spacial score (nSPS) is 12.2. The first kappa shape index (κ1) is 21.1. The van der Waals surface area contributed by atoms with Crippen LogP contribution in [0.2, 0.25) is 5.02 Å². The van der Waals surface area contributed by atoms with Gasteiger partial charge in [-0.3, -0.25) is 4.79 Å². The number of aryl methyl sites for hydroxylation is 2. The van der Waals surface area contributed by atoms with E-state index in [1.807, 2.05) is 38.2 Å². The lowest BCUT2D eigenvalue weighted by Crippen LogP contribution is -2.12. The average Bonchev–Trinajstić information content (AvgIpc) is 3.08. The van der Waals surface area contributed by atoms with Crippen LogP contribution in [0, 0.1) is 0 Å². The Morgan fingerprint density at radius 2 is 2.00 bits per heavy atom. The standard InChI is InChI=1S/C22H26ClN3O3/c1-5-7-15-10-14(8-9-18(15)23)17(13-21(27)29-6-2)16-11-19-22(20(12-16)28-4)26(3)25-24-19/h8-12,17H,5-7,13H2,1-4H3. The molecular weight excluding hydrogens is 390 g/mol. The Balaban J connectivity index is 2.12. The van der Waals surface area contributed by atoms with E-state index >= 15 is 0 Å². The van der Waals surface area contributed by atoms with Crippen molar-refractivity contribution in [3.8, 4) is 5.75 Å². The Labute approximate surface area is 175 Å². The fourth-order valence-corrected chi connectivity index (χ4v) is 3.83. The van der Waals surface area contributed by atoms with Crippen molar-refractivity contribution in [1.82, 2.24) is 15.0 Å². The summed E-state index contributed by atoms with van der Waals surface area (Å²) in [5, 5.41) is 9.07. The molecule has 6 nitrogen and oxygen atoms in total. The van der Waals surface area contributed by atoms with Gasteiger partial charge in [0.1, 0.15) is 16.8 Å². The van der Waals surface area contributed by atoms with Gasteiger partial charge in [0, 0.05) is 18.0 Å². The third kappa shape index (κ3) is 4.53. The van der Waals surface area contributed by atoms with Crippen molar-refractivity contribution in [3.05, 3.63) is 52.0 Å². The number of ether oxygens (including phenoxy) is 2. The highest BCUT2D eigenvalue weighted by molar-refractivity contribution is 6.31. The molecule has 1 aromatic heterocycles. The molecule has 1 heterocycles. The summed E-state index contributed by atoms with van der Waals surface area (Å²) in [6, 6.07) is 9.87. The van der Waals surface area contributed by atoms with Gasteiger partial charge in [0.25, 0.3) is 0 Å². The Bertz CT molecular complexity index is 1020. The SMILES string of the molecule is CCCc1cc(C(CC(=O)OCC)c2cc(OC)c3c(c2)nnn3C)ccc1Cl. The van der Waals surface area contributed by atoms with Crippen molar-refractivity contribution in [2.24, 2.45) is 7.05 Å². The third-order valence-corrected chi connectivity index (χ3v) is 5.35. The lowest BCUT2D eigenvalue weighted by molar-refractivity contribution is -0.143. The molecule has 0 bridgehead atoms. The number of halogens is 1. The third-order valence-electron chi connectivity index (χ3n) is 4.98. The molecule has 0 radical (unpaired) electrons. The van der Waals surface area contributed by atoms with Gasteiger partial charge in [0.2, 0.25) is 0 Å². The van der Waals surface area contributed by atoms with Gasteiger partial charge in [-0.15, -0.1) is 5.10 Å². The molecule has 3 rings (SSSR count). The van der Waals surface area contributed by atoms with E-state index in [-0.39, 0.29) is 18.3 Å². The zero-order valence-electron chi connectivity index (χ0n) is 17.2. The van der Waals surface area contributed by atoms with Crippen LogP contribution in [0.25, 0.3) is 11.0 Å². The average molecular weight is 416 g/mol. The Kier molecular flexibility index (Phi) is 6.75. The molecule has 29 heavy (non-hydrogen) atoms. The topological polar surface area (TPSA) is 66.2 Å². The predicted molar refractivity (Wildman–Crippen MR) is 114 cm³/mol. The molecule has 0 N–H and O–H groups in total. The maximum Gasteiger partial charge on any atom is 0.306 e. The maximum atomic E-state index is 12.4. The van der Waals surface area contributed by atoms with E-state index in [1.54, 1.807) is 11.8 Å². The number of benzene rings is 2. The second-order valence-corrected chi connectivity index (χ2v) is 7.37. The lowest BCUT2D eigenvalue weighted by atomic mass is 9.87. The second-order valence-electron chi connectivity index (χ2n) is 6.97. The van der Waals surface area contributed by atoms with Crippen LogP contribution in [-0.2, 0) is 23.0 Å². The Morgan fingerprint density at radius 3 is 2.69 bits per heavy atom. The molecule has 0 amide bonds. The smallest absolute Gasteiger partial charge is 0.306 e. The van der Waals surface area contributed by atoms with Crippen LogP contribution in [0.1, 0.15) is 49.3 Å². The first-order valence-electron chi connectivity index (χ1n) is 9.79. The van der Waals surface area contributed by atoms with Gasteiger partial charge in [0.15, 0.2) is 0 Å². The van der Waals surface area contributed by atoms with Crippen molar-refractivity contribution in [2.45, 2.75) is 39.0 Å². The molecule has 0 saturated carbocycles. The van der Waals surface area contributed by atoms with Crippen LogP contribution >= 0.6 is 11.6 Å². The summed E-state index contributed by atoms with van der Waals surface area (Å²) in [5.74, 6) is 0.214. The maximum absolute atomic E-state index is 12.4. The summed E-state index contributed by atoms with van der Waals surface area (Å²) in [7, 11) is 3.44. The minimum Gasteiger partial charge on any atom is -0.494 e. The summed E-state index contributed by atoms with van der Waals surface area (Å²) >= 11 is 6.38. The number of hydrogen-bond donors (Lipinski definition) is 0. The minimum absolute atomic E-state index is 0.206. The van der Waals surface area contributed by atoms with Gasteiger partial charge in [-0.05, 0) is 48.2 Å². The number of methoxy groups -OCH3 is 1. The molecule has 0 fully saturated rings. The summed E-state index contributed by atoms with van der Waals surface area (Å²) in [6.45, 7) is 4.27. The number of fused-ring (bicyclic) bond motifs is 1. The van der Waals surface area contributed by atoms with Gasteiger partial charge in [-0.25, -0.2) is 4.68 Å². The molecule has 0 saturated heterocycles. The van der Waals surface area contributed by atoms with E-state index in [0.29, 0.717) is 12.4 Å². The number of carbonyl (C=O) groups is 1. The number of esters is 1. The van der Waals surface area contributed by atoms with E-state index in [0.717, 1.165) is 45.6 Å². The number of aromatic nitrogens is 3. The van der Waals surface area contributed by atoms with Crippen LogP contribution < -0.4 is 4.74 Å². The molecular formula is C22H26ClN3O3. The fourth-order valence-electron chi connectivity index (χ4n) is 3.62. The Morgan fingerprint density at radius 1 is 1.21 bits per heavy atom. The van der Waals surface area contributed by atoms with Gasteiger partial charge in [0.05, 0.1) is 20.1 Å². The highest BCUT2D eigenvalue weighted by atomic mass is 35.5. The van der Waals surface area contributed by atoms with Crippen molar-refractivity contribution >= 4 is 28.6 Å². The van der Waals surface area contributed by atoms with Crippen LogP contribution in [0.15, 0.2) is 30.3 Å². The van der Waals surface area contributed by atoms with Crippen molar-refractivity contribution in [1.29, 1.82) is 0 Å². The Hall–Kier alpha value is -2.60. The lowest BCUT2D eigenvalue weighted by Gasteiger charge is -2.20. The summed E-state index contributed by atoms with van der Waals surface area (Å²) < 4.78 is 12.5. The van der Waals surface area contributed by atoms with Crippen molar-refractivity contribution in [2.75, 3.05) is 13.7 Å². The minimum atomic E-state index is -0.247. The molecule has 0 aliphatic heterocycles. The van der Waals surface area contributed by atoms with E-state index in [2.05, 4.69) is 23.3 Å². The van der Waals surface area contributed by atoms with Gasteiger partial charge < -0.3 is 9.47 Å². The molecule has 1 atom stereocenters. The summed E-state index contributed by atoms with van der Waals surface area (Å²) in [4.78, 5) is 12.4. The predicted octanol–water partition coefficient (Wildman–Crippen LogP) is 4.67. The van der Waals surface area contributed by atoms with E-state index in [4.69, 9.17) is 21.1 Å². The molecule has 1 unspecified atom stereocenters. The molecule has 0 aliphatic rings. The zero-order valence-corrected chi connectivity index (χ0v) is 18.0. The first-order chi connectivity index (χ1) is 14.0. The van der Waals surface area contributed by atoms with Crippen LogP contribution in [-0.4, -0.2) is 34.7 Å². The molecule has 2 aromatic carbocycles. The fraction of sp³-hybridized carbons (Fsp3) is 0.409. The van der Waals surface area contributed by atoms with Crippen molar-refractivity contribution < 1.29 is 14.3 Å². The van der Waals surface area contributed by atoms with Crippen molar-refractivity contribution in [3.63, 3.8) is 0 Å².